The molecule has 3 aromatic heterocycles. The molecule has 4 heterocycles. The molecule has 8 heteroatoms. The maximum atomic E-state index is 12.2. The molecule has 4 rings (SSSR count). The molecular weight excluding hydrogens is 348 g/mol. The van der Waals surface area contributed by atoms with Crippen LogP contribution in [0.25, 0.3) is 0 Å². The lowest BCUT2D eigenvalue weighted by atomic mass is 10.1. The molecule has 0 aromatic carbocycles. The van der Waals surface area contributed by atoms with E-state index in [1.807, 2.05) is 6.20 Å². The standard InChI is InChI=1S/C18H22N6OS/c1-22-17(4-8-20-22)18(25)19-6-2-15-11-23(10-14-5-9-26-13-14)12-16-3-7-21-24(15)16/h3-5,7-9,13,15H,2,6,10-12H2,1H3,(H,19,25). The first-order valence-electron chi connectivity index (χ1n) is 8.73. The van der Waals surface area contributed by atoms with E-state index in [-0.39, 0.29) is 11.9 Å². The van der Waals surface area contributed by atoms with Crippen molar-refractivity contribution in [2.24, 2.45) is 7.05 Å². The molecule has 0 aliphatic carbocycles. The average Bonchev–Trinajstić information content (AvgIpc) is 3.36. The number of amides is 1. The summed E-state index contributed by atoms with van der Waals surface area (Å²) in [5.41, 5.74) is 3.16. The van der Waals surface area contributed by atoms with Crippen LogP contribution in [0.1, 0.15) is 34.2 Å². The molecule has 0 radical (unpaired) electrons. The molecule has 7 nitrogen and oxygen atoms in total. The predicted octanol–water partition coefficient (Wildman–Crippen LogP) is 2.06. The zero-order valence-electron chi connectivity index (χ0n) is 14.7. The van der Waals surface area contributed by atoms with Gasteiger partial charge in [-0.15, -0.1) is 0 Å². The van der Waals surface area contributed by atoms with E-state index in [9.17, 15) is 4.79 Å². The van der Waals surface area contributed by atoms with Crippen LogP contribution in [0.15, 0.2) is 41.4 Å². The SMILES string of the molecule is Cn1nccc1C(=O)NCCC1CN(Cc2ccsc2)Cc2ccnn21. The summed E-state index contributed by atoms with van der Waals surface area (Å²) in [6.07, 6.45) is 4.34. The third-order valence-electron chi connectivity index (χ3n) is 4.76. The lowest BCUT2D eigenvalue weighted by molar-refractivity contribution is 0.0937. The predicted molar refractivity (Wildman–Crippen MR) is 99.9 cm³/mol. The Hall–Kier alpha value is -2.45. The monoisotopic (exact) mass is 370 g/mol. The second-order valence-electron chi connectivity index (χ2n) is 6.61. The highest BCUT2D eigenvalue weighted by Gasteiger charge is 2.25. The molecule has 1 aliphatic heterocycles. The van der Waals surface area contributed by atoms with Gasteiger partial charge in [-0.25, -0.2) is 0 Å². The van der Waals surface area contributed by atoms with Crippen LogP contribution in [0, 0.1) is 0 Å². The summed E-state index contributed by atoms with van der Waals surface area (Å²) in [7, 11) is 1.77. The van der Waals surface area contributed by atoms with E-state index in [0.717, 1.165) is 26.1 Å². The molecular formula is C18H22N6OS. The topological polar surface area (TPSA) is 68.0 Å². The number of carbonyl (C=O) groups is 1. The second-order valence-corrected chi connectivity index (χ2v) is 7.39. The van der Waals surface area contributed by atoms with Crippen LogP contribution in [0.2, 0.25) is 0 Å². The van der Waals surface area contributed by atoms with Crippen molar-refractivity contribution in [2.75, 3.05) is 13.1 Å². The molecule has 26 heavy (non-hydrogen) atoms. The zero-order chi connectivity index (χ0) is 17.9. The van der Waals surface area contributed by atoms with Gasteiger partial charge in [0.2, 0.25) is 0 Å². The van der Waals surface area contributed by atoms with Gasteiger partial charge in [0.1, 0.15) is 5.69 Å². The van der Waals surface area contributed by atoms with Crippen LogP contribution in [-0.2, 0) is 20.1 Å². The van der Waals surface area contributed by atoms with Gasteiger partial charge in [0.05, 0.1) is 11.7 Å². The molecule has 3 aromatic rings. The van der Waals surface area contributed by atoms with Gasteiger partial charge in [0, 0.05) is 45.6 Å². The first-order chi connectivity index (χ1) is 12.7. The minimum Gasteiger partial charge on any atom is -0.351 e. The molecule has 0 bridgehead atoms. The van der Waals surface area contributed by atoms with Crippen molar-refractivity contribution in [3.05, 3.63) is 58.3 Å². The molecule has 0 spiro atoms. The Balaban J connectivity index is 1.37. The van der Waals surface area contributed by atoms with Crippen LogP contribution >= 0.6 is 11.3 Å². The summed E-state index contributed by atoms with van der Waals surface area (Å²) in [6, 6.07) is 6.25. The second kappa shape index (κ2) is 7.43. The number of aryl methyl sites for hydroxylation is 1. The van der Waals surface area contributed by atoms with E-state index >= 15 is 0 Å². The largest absolute Gasteiger partial charge is 0.351 e. The summed E-state index contributed by atoms with van der Waals surface area (Å²) in [5, 5.41) is 15.9. The lowest BCUT2D eigenvalue weighted by Gasteiger charge is -2.33. The van der Waals surface area contributed by atoms with E-state index in [4.69, 9.17) is 0 Å². The summed E-state index contributed by atoms with van der Waals surface area (Å²) in [6.45, 7) is 3.41. The third-order valence-corrected chi connectivity index (χ3v) is 5.49. The number of thiophene rings is 1. The fourth-order valence-corrected chi connectivity index (χ4v) is 4.14. The average molecular weight is 370 g/mol. The van der Waals surface area contributed by atoms with Crippen LogP contribution in [0.5, 0.6) is 0 Å². The Morgan fingerprint density at radius 1 is 1.31 bits per heavy atom. The minimum absolute atomic E-state index is 0.0865. The Bertz CT molecular complexity index is 868. The maximum absolute atomic E-state index is 12.2. The van der Waals surface area contributed by atoms with Gasteiger partial charge < -0.3 is 5.32 Å². The fourth-order valence-electron chi connectivity index (χ4n) is 3.48. The van der Waals surface area contributed by atoms with Gasteiger partial charge in [0.15, 0.2) is 0 Å². The Kier molecular flexibility index (Phi) is 4.85. The van der Waals surface area contributed by atoms with Crippen LogP contribution in [0.3, 0.4) is 0 Å². The number of fused-ring (bicyclic) bond motifs is 1. The van der Waals surface area contributed by atoms with Gasteiger partial charge in [-0.05, 0) is 40.9 Å². The van der Waals surface area contributed by atoms with Crippen molar-refractivity contribution in [3.63, 3.8) is 0 Å². The first kappa shape index (κ1) is 17.0. The van der Waals surface area contributed by atoms with Crippen LogP contribution in [0.4, 0.5) is 0 Å². The zero-order valence-corrected chi connectivity index (χ0v) is 15.5. The fraction of sp³-hybridized carbons (Fsp3) is 0.389. The van der Waals surface area contributed by atoms with Crippen LogP contribution < -0.4 is 5.32 Å². The minimum atomic E-state index is -0.0865. The number of carbonyl (C=O) groups excluding carboxylic acids is 1. The van der Waals surface area contributed by atoms with Gasteiger partial charge in [-0.1, -0.05) is 0 Å². The highest BCUT2D eigenvalue weighted by atomic mass is 32.1. The van der Waals surface area contributed by atoms with Crippen molar-refractivity contribution in [2.45, 2.75) is 25.6 Å². The number of nitrogens with one attached hydrogen (secondary N) is 1. The Labute approximate surface area is 156 Å². The number of hydrogen-bond acceptors (Lipinski definition) is 5. The highest BCUT2D eigenvalue weighted by Crippen LogP contribution is 2.24. The molecule has 1 atom stereocenters. The van der Waals surface area contributed by atoms with Crippen molar-refractivity contribution in [1.82, 2.24) is 29.8 Å². The maximum Gasteiger partial charge on any atom is 0.269 e. The van der Waals surface area contributed by atoms with E-state index < -0.39 is 0 Å². The number of rotatable bonds is 6. The Morgan fingerprint density at radius 3 is 2.96 bits per heavy atom. The van der Waals surface area contributed by atoms with E-state index in [0.29, 0.717) is 12.2 Å². The molecule has 1 unspecified atom stereocenters. The van der Waals surface area contributed by atoms with Crippen molar-refractivity contribution >= 4 is 17.2 Å². The Morgan fingerprint density at radius 2 is 2.19 bits per heavy atom. The van der Waals surface area contributed by atoms with E-state index in [1.54, 1.807) is 35.3 Å². The number of nitrogens with zero attached hydrogens (tertiary/aromatic N) is 5. The molecule has 0 saturated heterocycles. The smallest absolute Gasteiger partial charge is 0.269 e. The number of hydrogen-bond donors (Lipinski definition) is 1. The van der Waals surface area contributed by atoms with Crippen molar-refractivity contribution < 1.29 is 4.79 Å². The van der Waals surface area contributed by atoms with Crippen molar-refractivity contribution in [3.8, 4) is 0 Å². The van der Waals surface area contributed by atoms with Gasteiger partial charge in [-0.2, -0.15) is 21.5 Å². The lowest BCUT2D eigenvalue weighted by Crippen LogP contribution is -2.39. The molecule has 1 amide bonds. The van der Waals surface area contributed by atoms with Gasteiger partial charge in [-0.3, -0.25) is 19.1 Å². The van der Waals surface area contributed by atoms with Crippen molar-refractivity contribution in [1.29, 1.82) is 0 Å². The molecule has 0 saturated carbocycles. The van der Waals surface area contributed by atoms with Gasteiger partial charge in [0.25, 0.3) is 5.91 Å². The number of aromatic nitrogens is 4. The molecule has 1 N–H and O–H groups in total. The quantitative estimate of drug-likeness (QED) is 0.721. The normalized spacial score (nSPS) is 17.2. The molecule has 0 fully saturated rings. The summed E-state index contributed by atoms with van der Waals surface area (Å²) >= 11 is 1.73. The van der Waals surface area contributed by atoms with Crippen LogP contribution in [-0.4, -0.2) is 43.5 Å². The van der Waals surface area contributed by atoms with E-state index in [1.165, 1.54) is 11.3 Å². The molecule has 1 aliphatic rings. The highest BCUT2D eigenvalue weighted by molar-refractivity contribution is 7.07. The summed E-state index contributed by atoms with van der Waals surface area (Å²) in [5.74, 6) is -0.0865. The summed E-state index contributed by atoms with van der Waals surface area (Å²) in [4.78, 5) is 14.7. The third kappa shape index (κ3) is 3.56. The van der Waals surface area contributed by atoms with E-state index in [2.05, 4.69) is 48.0 Å². The first-order valence-corrected chi connectivity index (χ1v) is 9.67. The summed E-state index contributed by atoms with van der Waals surface area (Å²) < 4.78 is 3.70. The van der Waals surface area contributed by atoms with Gasteiger partial charge >= 0.3 is 0 Å². The molecule has 136 valence electrons.